The quantitative estimate of drug-likeness (QED) is 0.893. The van der Waals surface area contributed by atoms with Crippen LogP contribution < -0.4 is 10.9 Å². The van der Waals surface area contributed by atoms with Gasteiger partial charge in [-0.1, -0.05) is 0 Å². The van der Waals surface area contributed by atoms with E-state index in [1.54, 1.807) is 0 Å². The van der Waals surface area contributed by atoms with Gasteiger partial charge < -0.3 is 10.3 Å². The Kier molecular flexibility index (Phi) is 3.79. The molecule has 0 saturated carbocycles. The summed E-state index contributed by atoms with van der Waals surface area (Å²) in [6.45, 7) is 1.54. The molecule has 2 aromatic rings. The van der Waals surface area contributed by atoms with E-state index in [1.807, 2.05) is 0 Å². The zero-order valence-corrected chi connectivity index (χ0v) is 10.8. The van der Waals surface area contributed by atoms with E-state index in [0.717, 1.165) is 30.3 Å². The van der Waals surface area contributed by atoms with Crippen molar-refractivity contribution in [2.75, 3.05) is 5.32 Å². The molecule has 2 N–H and O–H groups in total. The molecule has 0 unspecified atom stereocenters. The van der Waals surface area contributed by atoms with Crippen LogP contribution in [0.2, 0.25) is 0 Å². The minimum atomic E-state index is -4.46. The first-order valence-electron chi connectivity index (χ1n) is 5.82. The first-order valence-corrected chi connectivity index (χ1v) is 5.82. The molecule has 21 heavy (non-hydrogen) atoms. The van der Waals surface area contributed by atoms with Crippen molar-refractivity contribution in [2.24, 2.45) is 0 Å². The summed E-state index contributed by atoms with van der Waals surface area (Å²) in [6, 6.07) is 4.81. The van der Waals surface area contributed by atoms with Crippen LogP contribution in [0.1, 0.15) is 21.7 Å². The second kappa shape index (κ2) is 5.39. The summed E-state index contributed by atoms with van der Waals surface area (Å²) >= 11 is 0. The number of aryl methyl sites for hydroxylation is 1. The smallest absolute Gasteiger partial charge is 0.311 e. The number of aromatic amines is 1. The van der Waals surface area contributed by atoms with Gasteiger partial charge in [0.1, 0.15) is 11.6 Å². The Morgan fingerprint density at radius 1 is 1.24 bits per heavy atom. The summed E-state index contributed by atoms with van der Waals surface area (Å²) in [4.78, 5) is 29.4. The van der Waals surface area contributed by atoms with E-state index >= 15 is 0 Å². The fourth-order valence-corrected chi connectivity index (χ4v) is 1.64. The fraction of sp³-hybridized carbons (Fsp3) is 0.154. The van der Waals surface area contributed by atoms with Crippen LogP contribution in [0.5, 0.6) is 0 Å². The number of nitrogens with one attached hydrogen (secondary N) is 2. The van der Waals surface area contributed by atoms with Gasteiger partial charge in [0, 0.05) is 11.6 Å². The third kappa shape index (κ3) is 3.68. The molecule has 8 heteroatoms. The average molecular weight is 297 g/mol. The lowest BCUT2D eigenvalue weighted by molar-refractivity contribution is -0.137. The normalized spacial score (nSPS) is 11.2. The van der Waals surface area contributed by atoms with Crippen LogP contribution >= 0.6 is 0 Å². The van der Waals surface area contributed by atoms with E-state index in [0.29, 0.717) is 5.82 Å². The van der Waals surface area contributed by atoms with Crippen LogP contribution in [-0.4, -0.2) is 15.9 Å². The number of hydrogen-bond acceptors (Lipinski definition) is 3. The van der Waals surface area contributed by atoms with Crippen LogP contribution in [-0.2, 0) is 6.18 Å². The molecule has 0 aliphatic rings. The molecular formula is C13H10F3N3O2. The Morgan fingerprint density at radius 2 is 1.86 bits per heavy atom. The summed E-state index contributed by atoms with van der Waals surface area (Å²) in [6.07, 6.45) is -4.46. The van der Waals surface area contributed by atoms with E-state index in [1.165, 1.54) is 6.92 Å². The second-order valence-corrected chi connectivity index (χ2v) is 4.25. The van der Waals surface area contributed by atoms with Crippen molar-refractivity contribution < 1.29 is 18.0 Å². The summed E-state index contributed by atoms with van der Waals surface area (Å²) < 4.78 is 37.2. The highest BCUT2D eigenvalue weighted by Gasteiger charge is 2.30. The number of aromatic nitrogens is 2. The SMILES string of the molecule is Cc1nc(NC(=O)c2ccc(C(F)(F)F)cc2)cc(=O)[nH]1. The number of rotatable bonds is 2. The maximum atomic E-state index is 12.4. The monoisotopic (exact) mass is 297 g/mol. The number of halogens is 3. The maximum Gasteiger partial charge on any atom is 0.416 e. The largest absolute Gasteiger partial charge is 0.416 e. The molecule has 5 nitrogen and oxygen atoms in total. The molecule has 0 spiro atoms. The highest BCUT2D eigenvalue weighted by molar-refractivity contribution is 6.03. The Balaban J connectivity index is 2.19. The third-order valence-electron chi connectivity index (χ3n) is 2.58. The van der Waals surface area contributed by atoms with E-state index in [-0.39, 0.29) is 11.4 Å². The highest BCUT2D eigenvalue weighted by atomic mass is 19.4. The molecule has 0 saturated heterocycles. The summed E-state index contributed by atoms with van der Waals surface area (Å²) in [5, 5.41) is 2.35. The molecule has 1 amide bonds. The van der Waals surface area contributed by atoms with Crippen LogP contribution in [0.25, 0.3) is 0 Å². The van der Waals surface area contributed by atoms with Crippen molar-refractivity contribution in [1.29, 1.82) is 0 Å². The molecule has 0 aliphatic heterocycles. The number of anilines is 1. The molecule has 110 valence electrons. The molecule has 2 rings (SSSR count). The zero-order valence-electron chi connectivity index (χ0n) is 10.8. The molecule has 0 bridgehead atoms. The van der Waals surface area contributed by atoms with Crippen molar-refractivity contribution in [3.8, 4) is 0 Å². The van der Waals surface area contributed by atoms with Crippen LogP contribution in [0.15, 0.2) is 35.1 Å². The van der Waals surface area contributed by atoms with Crippen molar-refractivity contribution in [3.05, 3.63) is 57.6 Å². The van der Waals surface area contributed by atoms with E-state index in [2.05, 4.69) is 15.3 Å². The summed E-state index contributed by atoms with van der Waals surface area (Å²) in [5.74, 6) is -0.312. The first-order chi connectivity index (χ1) is 9.75. The number of hydrogen-bond donors (Lipinski definition) is 2. The minimum absolute atomic E-state index is 0.0288. The van der Waals surface area contributed by atoms with Gasteiger partial charge in [0.25, 0.3) is 11.5 Å². The van der Waals surface area contributed by atoms with Gasteiger partial charge in [-0.15, -0.1) is 0 Å². The average Bonchev–Trinajstić information content (AvgIpc) is 2.36. The van der Waals surface area contributed by atoms with Crippen LogP contribution in [0, 0.1) is 6.92 Å². The van der Waals surface area contributed by atoms with Gasteiger partial charge in [-0.2, -0.15) is 13.2 Å². The van der Waals surface area contributed by atoms with Gasteiger partial charge in [0.15, 0.2) is 0 Å². The molecule has 1 aromatic carbocycles. The van der Waals surface area contributed by atoms with Gasteiger partial charge in [0.05, 0.1) is 5.56 Å². The number of carbonyl (C=O) groups excluding carboxylic acids is 1. The Hall–Kier alpha value is -2.64. The number of amides is 1. The molecular weight excluding hydrogens is 287 g/mol. The minimum Gasteiger partial charge on any atom is -0.311 e. The van der Waals surface area contributed by atoms with Gasteiger partial charge in [-0.3, -0.25) is 9.59 Å². The number of H-pyrrole nitrogens is 1. The van der Waals surface area contributed by atoms with E-state index in [9.17, 15) is 22.8 Å². The molecule has 0 atom stereocenters. The second-order valence-electron chi connectivity index (χ2n) is 4.25. The lowest BCUT2D eigenvalue weighted by Gasteiger charge is -2.08. The van der Waals surface area contributed by atoms with Crippen molar-refractivity contribution >= 4 is 11.7 Å². The van der Waals surface area contributed by atoms with Crippen molar-refractivity contribution in [2.45, 2.75) is 13.1 Å². The summed E-state index contributed by atoms with van der Waals surface area (Å²) in [5.41, 5.74) is -1.25. The van der Waals surface area contributed by atoms with Gasteiger partial charge >= 0.3 is 6.18 Å². The lowest BCUT2D eigenvalue weighted by Crippen LogP contribution is -2.17. The van der Waals surface area contributed by atoms with Gasteiger partial charge in [0.2, 0.25) is 0 Å². The Labute approximate surface area is 116 Å². The molecule has 0 fully saturated rings. The van der Waals surface area contributed by atoms with Crippen molar-refractivity contribution in [1.82, 2.24) is 9.97 Å². The topological polar surface area (TPSA) is 74.8 Å². The maximum absolute atomic E-state index is 12.4. The van der Waals surface area contributed by atoms with Crippen molar-refractivity contribution in [3.63, 3.8) is 0 Å². The molecule has 1 aromatic heterocycles. The third-order valence-corrected chi connectivity index (χ3v) is 2.58. The predicted octanol–water partition coefficient (Wildman–Crippen LogP) is 2.35. The van der Waals surface area contributed by atoms with Crippen LogP contribution in [0.3, 0.4) is 0 Å². The zero-order chi connectivity index (χ0) is 15.6. The first kappa shape index (κ1) is 14.8. The predicted molar refractivity (Wildman–Crippen MR) is 69.0 cm³/mol. The number of carbonyl (C=O) groups is 1. The van der Waals surface area contributed by atoms with Gasteiger partial charge in [-0.25, -0.2) is 4.98 Å². The standard InChI is InChI=1S/C13H10F3N3O2/c1-7-17-10(6-11(20)18-7)19-12(21)8-2-4-9(5-3-8)13(14,15)16/h2-6H,1H3,(H2,17,18,19,20,21). The number of benzene rings is 1. The molecule has 0 aliphatic carbocycles. The van der Waals surface area contributed by atoms with E-state index < -0.39 is 23.2 Å². The molecule has 1 heterocycles. The molecule has 0 radical (unpaired) electrons. The highest BCUT2D eigenvalue weighted by Crippen LogP contribution is 2.29. The Bertz CT molecular complexity index is 721. The number of alkyl halides is 3. The van der Waals surface area contributed by atoms with E-state index in [4.69, 9.17) is 0 Å². The van der Waals surface area contributed by atoms with Crippen LogP contribution in [0.4, 0.5) is 19.0 Å². The Morgan fingerprint density at radius 3 is 2.38 bits per heavy atom. The number of nitrogens with zero attached hydrogens (tertiary/aromatic N) is 1. The van der Waals surface area contributed by atoms with Gasteiger partial charge in [-0.05, 0) is 31.2 Å². The fourth-order valence-electron chi connectivity index (χ4n) is 1.64. The summed E-state index contributed by atoms with van der Waals surface area (Å²) in [7, 11) is 0. The lowest BCUT2D eigenvalue weighted by atomic mass is 10.1.